The molecule has 0 aromatic heterocycles. The average Bonchev–Trinajstić information content (AvgIpc) is 2.74. The van der Waals surface area contributed by atoms with Gasteiger partial charge in [0.1, 0.15) is 5.75 Å². The van der Waals surface area contributed by atoms with Crippen molar-refractivity contribution in [1.82, 2.24) is 4.90 Å². The predicted octanol–water partition coefficient (Wildman–Crippen LogP) is 2.82. The standard InChI is InChI=1S/C22H26N2O4/c1-16-4-5-18(14-17(16)2)22(26)28-15-21(25)24-12-10-23(11-13-24)19-6-8-20(27-3)9-7-19/h4-9,14H,10-13,15H2,1-3H3. The first kappa shape index (κ1) is 19.7. The van der Waals surface area contributed by atoms with Crippen LogP contribution in [0, 0.1) is 13.8 Å². The van der Waals surface area contributed by atoms with Crippen molar-refractivity contribution < 1.29 is 19.1 Å². The molecule has 0 bridgehead atoms. The van der Waals surface area contributed by atoms with Gasteiger partial charge < -0.3 is 19.3 Å². The van der Waals surface area contributed by atoms with Crippen molar-refractivity contribution >= 4 is 17.6 Å². The van der Waals surface area contributed by atoms with Gasteiger partial charge in [0.25, 0.3) is 5.91 Å². The van der Waals surface area contributed by atoms with Crippen molar-refractivity contribution in [2.75, 3.05) is 44.8 Å². The minimum absolute atomic E-state index is 0.161. The van der Waals surface area contributed by atoms with E-state index in [1.165, 1.54) is 0 Å². The highest BCUT2D eigenvalue weighted by atomic mass is 16.5. The van der Waals surface area contributed by atoms with E-state index in [0.717, 1.165) is 35.7 Å². The SMILES string of the molecule is COc1ccc(N2CCN(C(=O)COC(=O)c3ccc(C)c(C)c3)CC2)cc1. The third kappa shape index (κ3) is 4.63. The zero-order chi connectivity index (χ0) is 20.1. The summed E-state index contributed by atoms with van der Waals surface area (Å²) in [7, 11) is 1.65. The Labute approximate surface area is 165 Å². The lowest BCUT2D eigenvalue weighted by Crippen LogP contribution is -2.49. The van der Waals surface area contributed by atoms with Gasteiger partial charge in [0, 0.05) is 31.9 Å². The summed E-state index contributed by atoms with van der Waals surface area (Å²) in [6.45, 7) is 6.39. The summed E-state index contributed by atoms with van der Waals surface area (Å²) in [5.41, 5.74) is 3.71. The number of rotatable bonds is 5. The highest BCUT2D eigenvalue weighted by Gasteiger charge is 2.22. The molecular weight excluding hydrogens is 356 g/mol. The first-order valence-corrected chi connectivity index (χ1v) is 9.39. The zero-order valence-corrected chi connectivity index (χ0v) is 16.6. The van der Waals surface area contributed by atoms with Crippen molar-refractivity contribution in [3.8, 4) is 5.75 Å². The number of piperazine rings is 1. The number of benzene rings is 2. The van der Waals surface area contributed by atoms with E-state index in [1.54, 1.807) is 24.1 Å². The molecule has 0 N–H and O–H groups in total. The molecule has 148 valence electrons. The molecule has 2 aromatic carbocycles. The first-order chi connectivity index (χ1) is 13.5. The van der Waals surface area contributed by atoms with Crippen LogP contribution in [0.3, 0.4) is 0 Å². The monoisotopic (exact) mass is 382 g/mol. The molecule has 1 aliphatic rings. The van der Waals surface area contributed by atoms with E-state index in [0.29, 0.717) is 18.7 Å². The van der Waals surface area contributed by atoms with E-state index in [9.17, 15) is 9.59 Å². The Morgan fingerprint density at radius 3 is 2.21 bits per heavy atom. The number of carbonyl (C=O) groups excluding carboxylic acids is 2. The maximum Gasteiger partial charge on any atom is 0.338 e. The van der Waals surface area contributed by atoms with Gasteiger partial charge >= 0.3 is 5.97 Å². The number of hydrogen-bond donors (Lipinski definition) is 0. The van der Waals surface area contributed by atoms with Gasteiger partial charge in [-0.2, -0.15) is 0 Å². The average molecular weight is 382 g/mol. The Balaban J connectivity index is 1.48. The highest BCUT2D eigenvalue weighted by Crippen LogP contribution is 2.20. The first-order valence-electron chi connectivity index (χ1n) is 9.39. The third-order valence-electron chi connectivity index (χ3n) is 5.14. The quantitative estimate of drug-likeness (QED) is 0.745. The predicted molar refractivity (Wildman–Crippen MR) is 108 cm³/mol. The van der Waals surface area contributed by atoms with Gasteiger partial charge in [0.05, 0.1) is 12.7 Å². The molecule has 1 saturated heterocycles. The second-order valence-electron chi connectivity index (χ2n) is 6.94. The number of ether oxygens (including phenoxy) is 2. The maximum absolute atomic E-state index is 12.4. The molecule has 0 saturated carbocycles. The number of anilines is 1. The molecule has 0 aliphatic carbocycles. The molecule has 0 atom stereocenters. The fourth-order valence-corrected chi connectivity index (χ4v) is 3.18. The van der Waals surface area contributed by atoms with Crippen LogP contribution in [-0.2, 0) is 9.53 Å². The summed E-state index contributed by atoms with van der Waals surface area (Å²) in [6.07, 6.45) is 0. The maximum atomic E-state index is 12.4. The number of aryl methyl sites for hydroxylation is 2. The van der Waals surface area contributed by atoms with Crippen molar-refractivity contribution in [2.45, 2.75) is 13.8 Å². The summed E-state index contributed by atoms with van der Waals surface area (Å²) in [6, 6.07) is 13.3. The van der Waals surface area contributed by atoms with E-state index in [-0.39, 0.29) is 12.5 Å². The summed E-state index contributed by atoms with van der Waals surface area (Å²) >= 11 is 0. The van der Waals surface area contributed by atoms with Crippen LogP contribution in [0.5, 0.6) is 5.75 Å². The van der Waals surface area contributed by atoms with Crippen LogP contribution in [0.15, 0.2) is 42.5 Å². The molecule has 6 nitrogen and oxygen atoms in total. The summed E-state index contributed by atoms with van der Waals surface area (Å²) in [5.74, 6) is 0.197. The van der Waals surface area contributed by atoms with Crippen molar-refractivity contribution in [1.29, 1.82) is 0 Å². The highest BCUT2D eigenvalue weighted by molar-refractivity contribution is 5.91. The zero-order valence-electron chi connectivity index (χ0n) is 16.6. The topological polar surface area (TPSA) is 59.1 Å². The molecule has 28 heavy (non-hydrogen) atoms. The van der Waals surface area contributed by atoms with Crippen LogP contribution in [-0.4, -0.2) is 56.7 Å². The van der Waals surface area contributed by atoms with Crippen LogP contribution in [0.4, 0.5) is 5.69 Å². The molecule has 1 aliphatic heterocycles. The molecule has 6 heteroatoms. The van der Waals surface area contributed by atoms with Gasteiger partial charge in [0.15, 0.2) is 6.61 Å². The Hall–Kier alpha value is -3.02. The van der Waals surface area contributed by atoms with E-state index in [2.05, 4.69) is 4.90 Å². The van der Waals surface area contributed by atoms with E-state index < -0.39 is 5.97 Å². The van der Waals surface area contributed by atoms with Gasteiger partial charge in [-0.25, -0.2) is 4.79 Å². The second-order valence-corrected chi connectivity index (χ2v) is 6.94. The smallest absolute Gasteiger partial charge is 0.338 e. The lowest BCUT2D eigenvalue weighted by molar-refractivity contribution is -0.134. The molecule has 1 fully saturated rings. The molecule has 1 heterocycles. The Morgan fingerprint density at radius 2 is 1.61 bits per heavy atom. The number of carbonyl (C=O) groups is 2. The normalized spacial score (nSPS) is 14.0. The van der Waals surface area contributed by atoms with Gasteiger partial charge in [-0.1, -0.05) is 6.07 Å². The molecule has 2 aromatic rings. The largest absolute Gasteiger partial charge is 0.497 e. The number of esters is 1. The molecule has 0 spiro atoms. The van der Waals surface area contributed by atoms with Crippen molar-refractivity contribution in [3.63, 3.8) is 0 Å². The number of hydrogen-bond acceptors (Lipinski definition) is 5. The Kier molecular flexibility index (Phi) is 6.19. The van der Waals surface area contributed by atoms with Gasteiger partial charge in [-0.3, -0.25) is 4.79 Å². The lowest BCUT2D eigenvalue weighted by atomic mass is 10.1. The summed E-state index contributed by atoms with van der Waals surface area (Å²) in [5, 5.41) is 0. The molecule has 0 unspecified atom stereocenters. The second kappa shape index (κ2) is 8.78. The van der Waals surface area contributed by atoms with Crippen molar-refractivity contribution in [2.24, 2.45) is 0 Å². The minimum atomic E-state index is -0.465. The summed E-state index contributed by atoms with van der Waals surface area (Å²) < 4.78 is 10.4. The fourth-order valence-electron chi connectivity index (χ4n) is 3.18. The van der Waals surface area contributed by atoms with Crippen LogP contribution < -0.4 is 9.64 Å². The minimum Gasteiger partial charge on any atom is -0.497 e. The number of amides is 1. The van der Waals surface area contributed by atoms with E-state index >= 15 is 0 Å². The van der Waals surface area contributed by atoms with Gasteiger partial charge in [0.2, 0.25) is 0 Å². The van der Waals surface area contributed by atoms with Gasteiger partial charge in [-0.05, 0) is 61.4 Å². The van der Waals surface area contributed by atoms with Crippen LogP contribution >= 0.6 is 0 Å². The van der Waals surface area contributed by atoms with Crippen LogP contribution in [0.2, 0.25) is 0 Å². The van der Waals surface area contributed by atoms with Crippen LogP contribution in [0.1, 0.15) is 21.5 Å². The van der Waals surface area contributed by atoms with Crippen LogP contribution in [0.25, 0.3) is 0 Å². The summed E-state index contributed by atoms with van der Waals surface area (Å²) in [4.78, 5) is 28.5. The molecular formula is C22H26N2O4. The Morgan fingerprint density at radius 1 is 0.929 bits per heavy atom. The van der Waals surface area contributed by atoms with E-state index in [1.807, 2.05) is 44.2 Å². The van der Waals surface area contributed by atoms with E-state index in [4.69, 9.17) is 9.47 Å². The van der Waals surface area contributed by atoms with Crippen molar-refractivity contribution in [3.05, 3.63) is 59.2 Å². The molecule has 1 amide bonds. The molecule has 0 radical (unpaired) electrons. The lowest BCUT2D eigenvalue weighted by Gasteiger charge is -2.36. The fraction of sp³-hybridized carbons (Fsp3) is 0.364. The Bertz CT molecular complexity index is 840. The molecule has 3 rings (SSSR count). The number of nitrogens with zero attached hydrogens (tertiary/aromatic N) is 2. The number of methoxy groups -OCH3 is 1. The van der Waals surface area contributed by atoms with Gasteiger partial charge in [-0.15, -0.1) is 0 Å². The third-order valence-corrected chi connectivity index (χ3v) is 5.14.